The number of anilines is 3. The fraction of sp³-hybridized carbons (Fsp3) is 0.372. The fourth-order valence-corrected chi connectivity index (χ4v) is 12.4. The number of hydrogen-bond donors (Lipinski definition) is 13. The van der Waals surface area contributed by atoms with Crippen molar-refractivity contribution < 1.29 is 81.2 Å². The minimum Gasteiger partial charge on any atom is -0.456 e. The largest absolute Gasteiger partial charge is 0.456 e. The number of benzene rings is 7. The number of carbonyl (C=O) groups is 12. The number of carbonyl (C=O) groups excluding carboxylic acids is 12. The number of fused-ring (bicyclic) bond motifs is 6. The van der Waals surface area contributed by atoms with Gasteiger partial charge in [0.1, 0.15) is 48.1 Å². The molecule has 0 unspecified atom stereocenters. The van der Waals surface area contributed by atoms with Crippen LogP contribution in [0.2, 0.25) is 0 Å². The summed E-state index contributed by atoms with van der Waals surface area (Å²) in [7, 11) is 0. The molecule has 7 aromatic carbocycles. The number of rotatable bonds is 30. The zero-order chi connectivity index (χ0) is 85.0. The molecule has 0 bridgehead atoms. The van der Waals surface area contributed by atoms with E-state index in [4.69, 9.17) is 46.6 Å². The minimum absolute atomic E-state index is 0.0803. The molecule has 12 amide bonds. The van der Waals surface area contributed by atoms with Gasteiger partial charge in [-0.25, -0.2) is 38.4 Å². The Morgan fingerprint density at radius 2 is 0.647 bits per heavy atom. The van der Waals surface area contributed by atoms with Crippen molar-refractivity contribution in [2.45, 2.75) is 167 Å². The van der Waals surface area contributed by atoms with Gasteiger partial charge in [-0.05, 0) is 224 Å². The monoisotopic (exact) mass is 1590 g/mol. The predicted octanol–water partition coefficient (Wildman–Crippen LogP) is 11.4. The third-order valence-corrected chi connectivity index (χ3v) is 17.8. The van der Waals surface area contributed by atoms with E-state index in [1.54, 1.807) is 137 Å². The van der Waals surface area contributed by atoms with E-state index in [9.17, 15) is 57.5 Å². The normalized spacial score (nSPS) is 12.9. The molecule has 9 rings (SSSR count). The topological polar surface area (TPSA) is 463 Å². The Balaban J connectivity index is 0.000000253. The lowest BCUT2D eigenvalue weighted by Crippen LogP contribution is -2.54. The van der Waals surface area contributed by atoms with Crippen LogP contribution in [-0.2, 0) is 42.9 Å². The molecule has 2 aliphatic rings. The number of amides is 12. The van der Waals surface area contributed by atoms with Gasteiger partial charge in [0.05, 0.1) is 22.7 Å². The summed E-state index contributed by atoms with van der Waals surface area (Å²) in [5.74, 6) is -3.95. The van der Waals surface area contributed by atoms with E-state index in [-0.39, 0.29) is 62.8 Å². The van der Waals surface area contributed by atoms with Gasteiger partial charge in [-0.3, -0.25) is 19.2 Å². The van der Waals surface area contributed by atoms with Gasteiger partial charge in [0.15, 0.2) is 0 Å². The molecule has 30 nitrogen and oxygen atoms in total. The summed E-state index contributed by atoms with van der Waals surface area (Å²) in [6, 6.07) is 45.1. The van der Waals surface area contributed by atoms with Gasteiger partial charge < -0.3 is 94.5 Å². The lowest BCUT2D eigenvalue weighted by atomic mass is 9.98. The maximum absolute atomic E-state index is 13.5. The number of esters is 3. The van der Waals surface area contributed by atoms with E-state index in [1.807, 2.05) is 84.9 Å². The lowest BCUT2D eigenvalue weighted by molar-refractivity contribution is -0.128. The second-order valence-corrected chi connectivity index (χ2v) is 30.9. The van der Waals surface area contributed by atoms with Gasteiger partial charge in [-0.15, -0.1) is 0 Å². The maximum atomic E-state index is 13.5. The van der Waals surface area contributed by atoms with Crippen LogP contribution in [0.25, 0.3) is 22.3 Å². The summed E-state index contributed by atoms with van der Waals surface area (Å²) in [5.41, 5.74) is 30.3. The number of nitrogens with two attached hydrogens (primary N) is 4. The Kier molecular flexibility index (Phi) is 33.0. The maximum Gasteiger partial charge on any atom is 0.407 e. The predicted molar refractivity (Wildman–Crippen MR) is 440 cm³/mol. The zero-order valence-corrected chi connectivity index (χ0v) is 67.2. The molecule has 0 saturated heterocycles. The van der Waals surface area contributed by atoms with Gasteiger partial charge in [0, 0.05) is 48.5 Å². The standard InChI is InChI=1S/C37H45N5O7.C32H36N4O6.C17H26N4O4/c1-22(2)31(42-36(47)48-21-29-27-13-8-6-11-25(27)26-12-7-9-14-28(26)29)33(44)41-30(15-10-20-39-35(38)46)32(43)40-24-18-16-23(17-19-24)34(45)49-37(3,4)5;1-32(2,3)42-29(38)20-14-16-21(17-15-20)35-28(37)27(13-8-18-34-30(33)39)36-31(40)41-19-26-24-11-6-4-9-22(24)23-10-5-7-12-25(23)26;1-17(2,3)25-15(23)11-6-8-12(9-7-11)21-14(22)13(18)5-4-10-20-16(19)24/h6-9,11-14,16-19,22,29-31H,10,15,20-21H2,1-5H3,(H,40,43)(H,41,44)(H,42,47)(H3,38,39,46);4-7,9-12,14-17,26-27H,8,13,18-19H2,1-3H3,(H,35,37)(H,36,40)(H3,33,34,39);6-9,13H,4-5,10,18H2,1-3H3,(H,21,22)(H3,19,20,24)/t30-,31-;27-;13-/m000/s1. The van der Waals surface area contributed by atoms with Crippen LogP contribution in [0.3, 0.4) is 0 Å². The molecule has 0 radical (unpaired) electrons. The number of hydrogen-bond acceptors (Lipinski definition) is 18. The molecule has 116 heavy (non-hydrogen) atoms. The molecule has 4 atom stereocenters. The van der Waals surface area contributed by atoms with Crippen LogP contribution in [0.1, 0.15) is 180 Å². The van der Waals surface area contributed by atoms with Gasteiger partial charge in [0.25, 0.3) is 0 Å². The first-order chi connectivity index (χ1) is 54.8. The summed E-state index contributed by atoms with van der Waals surface area (Å²) in [6.45, 7) is 20.5. The zero-order valence-electron chi connectivity index (χ0n) is 67.2. The number of nitrogens with one attached hydrogen (secondary N) is 9. The number of ether oxygens (including phenoxy) is 5. The van der Waals surface area contributed by atoms with Crippen molar-refractivity contribution in [2.75, 3.05) is 48.8 Å². The van der Waals surface area contributed by atoms with Crippen molar-refractivity contribution in [3.05, 3.63) is 209 Å². The molecule has 0 aliphatic heterocycles. The highest BCUT2D eigenvalue weighted by atomic mass is 16.6. The van der Waals surface area contributed by atoms with Gasteiger partial charge in [-0.1, -0.05) is 111 Å². The highest BCUT2D eigenvalue weighted by molar-refractivity contribution is 6.00. The number of alkyl carbamates (subject to hydrolysis) is 2. The van der Waals surface area contributed by atoms with Crippen LogP contribution < -0.4 is 70.8 Å². The van der Waals surface area contributed by atoms with Crippen molar-refractivity contribution in [2.24, 2.45) is 28.9 Å². The van der Waals surface area contributed by atoms with Crippen LogP contribution in [0.4, 0.5) is 41.0 Å². The van der Waals surface area contributed by atoms with E-state index in [0.717, 1.165) is 44.5 Å². The first kappa shape index (κ1) is 90.3. The van der Waals surface area contributed by atoms with Gasteiger partial charge in [0.2, 0.25) is 23.6 Å². The third-order valence-electron chi connectivity index (χ3n) is 17.8. The first-order valence-corrected chi connectivity index (χ1v) is 38.1. The van der Waals surface area contributed by atoms with E-state index in [2.05, 4.69) is 60.0 Å². The molecule has 0 saturated carbocycles. The second kappa shape index (κ2) is 42.3. The Hall–Kier alpha value is -12.9. The van der Waals surface area contributed by atoms with Crippen LogP contribution in [0.15, 0.2) is 170 Å². The van der Waals surface area contributed by atoms with E-state index in [0.29, 0.717) is 66.0 Å². The summed E-state index contributed by atoms with van der Waals surface area (Å²) < 4.78 is 27.3. The third kappa shape index (κ3) is 29.0. The quantitative estimate of drug-likeness (QED) is 0.0113. The van der Waals surface area contributed by atoms with Crippen LogP contribution in [0.5, 0.6) is 0 Å². The van der Waals surface area contributed by atoms with Crippen molar-refractivity contribution in [1.29, 1.82) is 0 Å². The second-order valence-electron chi connectivity index (χ2n) is 30.9. The molecule has 0 aromatic heterocycles. The van der Waals surface area contributed by atoms with Crippen LogP contribution in [0, 0.1) is 5.92 Å². The molecular weight excluding hydrogens is 1490 g/mol. The van der Waals surface area contributed by atoms with E-state index >= 15 is 0 Å². The Morgan fingerprint density at radius 3 is 0.948 bits per heavy atom. The fourth-order valence-electron chi connectivity index (χ4n) is 12.4. The summed E-state index contributed by atoms with van der Waals surface area (Å²) in [5, 5.41) is 23.7. The molecule has 17 N–H and O–H groups in total. The minimum atomic E-state index is -1.03. The van der Waals surface area contributed by atoms with Crippen molar-refractivity contribution in [3.8, 4) is 22.3 Å². The summed E-state index contributed by atoms with van der Waals surface area (Å²) in [6.07, 6.45) is 0.521. The summed E-state index contributed by atoms with van der Waals surface area (Å²) in [4.78, 5) is 147. The van der Waals surface area contributed by atoms with Crippen molar-refractivity contribution in [1.82, 2.24) is 31.9 Å². The average molecular weight is 1590 g/mol. The van der Waals surface area contributed by atoms with Gasteiger partial charge >= 0.3 is 48.2 Å². The molecule has 30 heteroatoms. The van der Waals surface area contributed by atoms with E-state index < -0.39 is 107 Å². The Labute approximate surface area is 675 Å². The lowest BCUT2D eigenvalue weighted by Gasteiger charge is -2.25. The summed E-state index contributed by atoms with van der Waals surface area (Å²) >= 11 is 0. The Morgan fingerprint density at radius 1 is 0.362 bits per heavy atom. The molecular formula is C86H107N13O17. The van der Waals surface area contributed by atoms with Crippen LogP contribution >= 0.6 is 0 Å². The number of urea groups is 3. The highest BCUT2D eigenvalue weighted by Gasteiger charge is 2.34. The molecule has 0 spiro atoms. The molecule has 0 fully saturated rings. The highest BCUT2D eigenvalue weighted by Crippen LogP contribution is 2.46. The molecule has 618 valence electrons. The van der Waals surface area contributed by atoms with Crippen molar-refractivity contribution >= 4 is 88.9 Å². The number of primary amides is 3. The average Bonchev–Trinajstić information content (AvgIpc) is 1.62. The van der Waals surface area contributed by atoms with Gasteiger partial charge in [-0.2, -0.15) is 0 Å². The Bertz CT molecular complexity index is 4500. The van der Waals surface area contributed by atoms with E-state index in [1.165, 1.54) is 12.1 Å². The smallest absolute Gasteiger partial charge is 0.407 e. The molecule has 2 aliphatic carbocycles. The molecule has 0 heterocycles. The van der Waals surface area contributed by atoms with Crippen LogP contribution in [-0.4, -0.2) is 146 Å². The SMILES string of the molecule is CC(C)(C)OC(=O)c1ccc(NC(=O)[C@@H](N)CCCNC(N)=O)cc1.CC(C)(C)OC(=O)c1ccc(NC(=O)[C@H](CCCNC(N)=O)NC(=O)OCC2c3ccccc3-c3ccccc32)cc1.CC(C)[C@H](NC(=O)OCC1c2ccccc2-c2ccccc21)C(=O)N[C@@H](CCCNC(N)=O)C(=O)Nc1ccc(C(=O)OC(C)(C)C)cc1. The first-order valence-electron chi connectivity index (χ1n) is 38.1. The van der Waals surface area contributed by atoms with Crippen molar-refractivity contribution in [3.63, 3.8) is 0 Å². The molecule has 7 aromatic rings.